The lowest BCUT2D eigenvalue weighted by Crippen LogP contribution is -2.27. The minimum Gasteiger partial charge on any atom is -0.326 e. The average Bonchev–Trinajstić information content (AvgIpc) is 2.91. The van der Waals surface area contributed by atoms with E-state index >= 15 is 0 Å². The largest absolute Gasteiger partial charge is 0.326 e. The van der Waals surface area contributed by atoms with Gasteiger partial charge in [0.1, 0.15) is 0 Å². The van der Waals surface area contributed by atoms with E-state index < -0.39 is 10.0 Å². The minimum atomic E-state index is -3.50. The first-order valence-corrected chi connectivity index (χ1v) is 9.17. The van der Waals surface area contributed by atoms with E-state index in [9.17, 15) is 8.42 Å². The molecule has 2 rings (SSSR count). The van der Waals surface area contributed by atoms with Gasteiger partial charge in [0.25, 0.3) is 0 Å². The molecule has 0 fully saturated rings. The SMILES string of the molecule is Cc1cc(C)c(S(=O)(=O)NCCc2ccsc2)cc1CN. The Hall–Kier alpha value is -1.21. The monoisotopic (exact) mass is 324 g/mol. The van der Waals surface area contributed by atoms with Crippen molar-refractivity contribution in [2.45, 2.75) is 31.7 Å². The fourth-order valence-electron chi connectivity index (χ4n) is 2.23. The molecule has 3 N–H and O–H groups in total. The third-order valence-corrected chi connectivity index (χ3v) is 5.76. The summed E-state index contributed by atoms with van der Waals surface area (Å²) in [7, 11) is -3.50. The third kappa shape index (κ3) is 3.91. The van der Waals surface area contributed by atoms with Crippen LogP contribution in [0.1, 0.15) is 22.3 Å². The second-order valence-corrected chi connectivity index (χ2v) is 7.54. The first-order valence-electron chi connectivity index (χ1n) is 6.75. The van der Waals surface area contributed by atoms with Crippen LogP contribution in [0.3, 0.4) is 0 Å². The second kappa shape index (κ2) is 6.70. The van der Waals surface area contributed by atoms with Gasteiger partial charge < -0.3 is 5.73 Å². The number of hydrogen-bond donors (Lipinski definition) is 2. The van der Waals surface area contributed by atoms with Crippen LogP contribution >= 0.6 is 11.3 Å². The Bertz CT molecular complexity index is 708. The topological polar surface area (TPSA) is 72.2 Å². The first kappa shape index (κ1) is 16.2. The van der Waals surface area contributed by atoms with Crippen LogP contribution in [0.15, 0.2) is 33.9 Å². The molecule has 1 aromatic carbocycles. The van der Waals surface area contributed by atoms with Crippen LogP contribution in [-0.4, -0.2) is 15.0 Å². The van der Waals surface area contributed by atoms with Gasteiger partial charge in [0.2, 0.25) is 10.0 Å². The molecule has 1 aromatic heterocycles. The maximum absolute atomic E-state index is 12.4. The summed E-state index contributed by atoms with van der Waals surface area (Å²) in [4.78, 5) is 0.318. The second-order valence-electron chi connectivity index (χ2n) is 5.03. The predicted octanol–water partition coefficient (Wildman–Crippen LogP) is 2.34. The van der Waals surface area contributed by atoms with Crippen LogP contribution < -0.4 is 10.5 Å². The average molecular weight is 324 g/mol. The molecular formula is C15H20N2O2S2. The number of nitrogens with one attached hydrogen (secondary N) is 1. The highest BCUT2D eigenvalue weighted by Gasteiger charge is 2.17. The number of sulfonamides is 1. The lowest BCUT2D eigenvalue weighted by molar-refractivity contribution is 0.581. The zero-order valence-electron chi connectivity index (χ0n) is 12.2. The van der Waals surface area contributed by atoms with Crippen molar-refractivity contribution in [2.24, 2.45) is 5.73 Å². The van der Waals surface area contributed by atoms with Crippen molar-refractivity contribution < 1.29 is 8.42 Å². The van der Waals surface area contributed by atoms with Gasteiger partial charge in [-0.25, -0.2) is 13.1 Å². The van der Waals surface area contributed by atoms with Gasteiger partial charge in [-0.3, -0.25) is 0 Å². The van der Waals surface area contributed by atoms with E-state index in [1.807, 2.05) is 29.8 Å². The Morgan fingerprint density at radius 3 is 2.62 bits per heavy atom. The molecule has 0 aliphatic heterocycles. The summed E-state index contributed by atoms with van der Waals surface area (Å²) < 4.78 is 27.5. The molecule has 1 heterocycles. The van der Waals surface area contributed by atoms with Gasteiger partial charge in [-0.15, -0.1) is 0 Å². The Kier molecular flexibility index (Phi) is 5.16. The summed E-state index contributed by atoms with van der Waals surface area (Å²) in [5, 5.41) is 4.01. The van der Waals surface area contributed by atoms with E-state index in [4.69, 9.17) is 5.73 Å². The van der Waals surface area contributed by atoms with Gasteiger partial charge in [0.15, 0.2) is 0 Å². The summed E-state index contributed by atoms with van der Waals surface area (Å²) in [6.45, 7) is 4.48. The quantitative estimate of drug-likeness (QED) is 0.857. The minimum absolute atomic E-state index is 0.318. The highest BCUT2D eigenvalue weighted by Crippen LogP contribution is 2.20. The molecular weight excluding hydrogens is 304 g/mol. The number of thiophene rings is 1. The molecule has 0 amide bonds. The molecule has 114 valence electrons. The maximum Gasteiger partial charge on any atom is 0.240 e. The van der Waals surface area contributed by atoms with Crippen molar-refractivity contribution in [3.63, 3.8) is 0 Å². The molecule has 0 unspecified atom stereocenters. The smallest absolute Gasteiger partial charge is 0.240 e. The van der Waals surface area contributed by atoms with Crippen molar-refractivity contribution in [3.05, 3.63) is 51.2 Å². The van der Waals surface area contributed by atoms with E-state index in [-0.39, 0.29) is 0 Å². The lowest BCUT2D eigenvalue weighted by atomic mass is 10.1. The standard InChI is InChI=1S/C15H20N2O2S2/c1-11-7-12(2)15(8-14(11)9-16)21(18,19)17-5-3-13-4-6-20-10-13/h4,6-8,10,17H,3,5,9,16H2,1-2H3. The van der Waals surface area contributed by atoms with Crippen molar-refractivity contribution >= 4 is 21.4 Å². The van der Waals surface area contributed by atoms with Gasteiger partial charge in [-0.1, -0.05) is 6.07 Å². The molecule has 2 aromatic rings. The Morgan fingerprint density at radius 1 is 1.24 bits per heavy atom. The van der Waals surface area contributed by atoms with Crippen molar-refractivity contribution in [1.29, 1.82) is 0 Å². The number of hydrogen-bond acceptors (Lipinski definition) is 4. The fraction of sp³-hybridized carbons (Fsp3) is 0.333. The van der Waals surface area contributed by atoms with Gasteiger partial charge in [0, 0.05) is 13.1 Å². The normalized spacial score (nSPS) is 11.8. The van der Waals surface area contributed by atoms with Crippen LogP contribution in [0.2, 0.25) is 0 Å². The Balaban J connectivity index is 2.15. The van der Waals surface area contributed by atoms with E-state index in [2.05, 4.69) is 4.72 Å². The third-order valence-electron chi connectivity index (χ3n) is 3.43. The van der Waals surface area contributed by atoms with Crippen LogP contribution in [0.25, 0.3) is 0 Å². The van der Waals surface area contributed by atoms with Crippen molar-refractivity contribution in [3.8, 4) is 0 Å². The van der Waals surface area contributed by atoms with E-state index in [1.54, 1.807) is 24.3 Å². The van der Waals surface area contributed by atoms with E-state index in [1.165, 1.54) is 0 Å². The number of nitrogens with two attached hydrogens (primary N) is 1. The summed E-state index contributed by atoms with van der Waals surface area (Å²) in [5.74, 6) is 0. The summed E-state index contributed by atoms with van der Waals surface area (Å²) in [6.07, 6.45) is 0.692. The summed E-state index contributed by atoms with van der Waals surface area (Å²) in [6, 6.07) is 5.55. The van der Waals surface area contributed by atoms with E-state index in [0.29, 0.717) is 24.4 Å². The van der Waals surface area contributed by atoms with E-state index in [0.717, 1.165) is 22.3 Å². The first-order chi connectivity index (χ1) is 9.94. The molecule has 0 saturated carbocycles. The number of benzene rings is 1. The van der Waals surface area contributed by atoms with Crippen LogP contribution in [0, 0.1) is 13.8 Å². The molecule has 6 heteroatoms. The highest BCUT2D eigenvalue weighted by molar-refractivity contribution is 7.89. The zero-order valence-corrected chi connectivity index (χ0v) is 13.9. The summed E-state index contributed by atoms with van der Waals surface area (Å²) >= 11 is 1.61. The van der Waals surface area contributed by atoms with Crippen molar-refractivity contribution in [1.82, 2.24) is 4.72 Å². The maximum atomic E-state index is 12.4. The summed E-state index contributed by atoms with van der Waals surface area (Å²) in [5.41, 5.74) is 9.43. The Morgan fingerprint density at radius 2 is 2.00 bits per heavy atom. The molecule has 0 bridgehead atoms. The van der Waals surface area contributed by atoms with Crippen molar-refractivity contribution in [2.75, 3.05) is 6.54 Å². The van der Waals surface area contributed by atoms with Crippen LogP contribution in [-0.2, 0) is 23.0 Å². The van der Waals surface area contributed by atoms with Crippen LogP contribution in [0.5, 0.6) is 0 Å². The molecule has 0 aliphatic rings. The van der Waals surface area contributed by atoms with Gasteiger partial charge >= 0.3 is 0 Å². The molecule has 0 aliphatic carbocycles. The fourth-order valence-corrected chi connectivity index (χ4v) is 4.24. The van der Waals surface area contributed by atoms with Gasteiger partial charge in [-0.05, 0) is 65.4 Å². The predicted molar refractivity (Wildman–Crippen MR) is 87.0 cm³/mol. The number of aryl methyl sites for hydroxylation is 2. The Labute approximate surface area is 130 Å². The number of rotatable bonds is 6. The highest BCUT2D eigenvalue weighted by atomic mass is 32.2. The van der Waals surface area contributed by atoms with Gasteiger partial charge in [0.05, 0.1) is 4.90 Å². The molecule has 0 saturated heterocycles. The van der Waals surface area contributed by atoms with Crippen LogP contribution in [0.4, 0.5) is 0 Å². The molecule has 4 nitrogen and oxygen atoms in total. The molecule has 21 heavy (non-hydrogen) atoms. The lowest BCUT2D eigenvalue weighted by Gasteiger charge is -2.12. The molecule has 0 atom stereocenters. The molecule has 0 spiro atoms. The molecule has 0 radical (unpaired) electrons. The van der Waals surface area contributed by atoms with Gasteiger partial charge in [-0.2, -0.15) is 11.3 Å². The zero-order chi connectivity index (χ0) is 15.5.